The van der Waals surface area contributed by atoms with Gasteiger partial charge in [0.15, 0.2) is 0 Å². The molecule has 0 bridgehead atoms. The number of hydrogen-bond acceptors (Lipinski definition) is 3. The first-order valence-corrected chi connectivity index (χ1v) is 9.23. The van der Waals surface area contributed by atoms with E-state index in [4.69, 9.17) is 11.6 Å². The molecule has 2 aromatic carbocycles. The highest BCUT2D eigenvalue weighted by Crippen LogP contribution is 2.37. The summed E-state index contributed by atoms with van der Waals surface area (Å²) >= 11 is 5.85. The summed E-state index contributed by atoms with van der Waals surface area (Å²) in [5, 5.41) is 0.455. The summed E-state index contributed by atoms with van der Waals surface area (Å²) in [6.07, 6.45) is 0.361. The zero-order valence-electron chi connectivity index (χ0n) is 13.3. The number of sulfonamides is 1. The van der Waals surface area contributed by atoms with Crippen LogP contribution in [0, 0.1) is 0 Å². The summed E-state index contributed by atoms with van der Waals surface area (Å²) in [5.41, 5.74) is 1.39. The van der Waals surface area contributed by atoms with Crippen LogP contribution in [0.15, 0.2) is 53.4 Å². The third-order valence-corrected chi connectivity index (χ3v) is 6.11. The normalized spacial score (nSPS) is 16.8. The number of nitrogens with zero attached hydrogens (tertiary/aromatic N) is 2. The molecule has 1 amide bonds. The van der Waals surface area contributed by atoms with Gasteiger partial charge < -0.3 is 4.90 Å². The number of hydrogen-bond donors (Lipinski definition) is 0. The van der Waals surface area contributed by atoms with Gasteiger partial charge in [0.25, 0.3) is 10.0 Å². The summed E-state index contributed by atoms with van der Waals surface area (Å²) in [6, 6.07) is 12.4. The average Bonchev–Trinajstić information content (AvgIpc) is 2.94. The third kappa shape index (κ3) is 2.76. The first kappa shape index (κ1) is 16.8. The minimum Gasteiger partial charge on any atom is -0.347 e. The lowest BCUT2D eigenvalue weighted by Gasteiger charge is -2.28. The quantitative estimate of drug-likeness (QED) is 0.841. The van der Waals surface area contributed by atoms with E-state index in [-0.39, 0.29) is 10.8 Å². The summed E-state index contributed by atoms with van der Waals surface area (Å²) in [4.78, 5) is 14.1. The van der Waals surface area contributed by atoms with Crippen LogP contribution in [0.5, 0.6) is 0 Å². The van der Waals surface area contributed by atoms with Crippen molar-refractivity contribution in [1.82, 2.24) is 4.90 Å². The lowest BCUT2D eigenvalue weighted by molar-refractivity contribution is -0.129. The molecule has 0 N–H and O–H groups in total. The Morgan fingerprint density at radius 1 is 1.12 bits per heavy atom. The lowest BCUT2D eigenvalue weighted by Crippen LogP contribution is -2.47. The summed E-state index contributed by atoms with van der Waals surface area (Å²) in [7, 11) is -0.623. The van der Waals surface area contributed by atoms with Crippen LogP contribution >= 0.6 is 11.6 Å². The van der Waals surface area contributed by atoms with E-state index in [1.165, 1.54) is 33.5 Å². The van der Waals surface area contributed by atoms with Gasteiger partial charge in [-0.1, -0.05) is 29.8 Å². The monoisotopic (exact) mass is 364 g/mol. The van der Waals surface area contributed by atoms with Gasteiger partial charge in [-0.2, -0.15) is 0 Å². The van der Waals surface area contributed by atoms with E-state index in [2.05, 4.69) is 0 Å². The van der Waals surface area contributed by atoms with Crippen molar-refractivity contribution in [3.8, 4) is 0 Å². The SMILES string of the molecule is CN(C)C(=O)C1Cc2ccccc2N1S(=O)(=O)c1ccc(Cl)cc1. The Hall–Kier alpha value is -2.05. The third-order valence-electron chi connectivity index (χ3n) is 4.02. The number of anilines is 1. The minimum atomic E-state index is -3.87. The highest BCUT2D eigenvalue weighted by molar-refractivity contribution is 7.93. The van der Waals surface area contributed by atoms with Crippen LogP contribution in [-0.4, -0.2) is 39.4 Å². The maximum absolute atomic E-state index is 13.2. The number of carbonyl (C=O) groups excluding carboxylic acids is 1. The van der Waals surface area contributed by atoms with Crippen molar-refractivity contribution in [2.45, 2.75) is 17.4 Å². The highest BCUT2D eigenvalue weighted by atomic mass is 35.5. The molecule has 1 atom stereocenters. The van der Waals surface area contributed by atoms with Gasteiger partial charge >= 0.3 is 0 Å². The van der Waals surface area contributed by atoms with Crippen LogP contribution in [0.2, 0.25) is 5.02 Å². The van der Waals surface area contributed by atoms with Crippen LogP contribution in [0.25, 0.3) is 0 Å². The van der Waals surface area contributed by atoms with E-state index in [1.54, 1.807) is 26.2 Å². The topological polar surface area (TPSA) is 57.7 Å². The average molecular weight is 365 g/mol. The fourth-order valence-electron chi connectivity index (χ4n) is 2.86. The summed E-state index contributed by atoms with van der Waals surface area (Å²) < 4.78 is 27.5. The van der Waals surface area contributed by atoms with Crippen molar-refractivity contribution in [3.05, 3.63) is 59.1 Å². The Bertz CT molecular complexity index is 879. The smallest absolute Gasteiger partial charge is 0.265 e. The van der Waals surface area contributed by atoms with Gasteiger partial charge in [0.1, 0.15) is 6.04 Å². The Morgan fingerprint density at radius 2 is 1.75 bits per heavy atom. The Morgan fingerprint density at radius 3 is 2.38 bits per heavy atom. The fraction of sp³-hybridized carbons (Fsp3) is 0.235. The predicted molar refractivity (Wildman–Crippen MR) is 93.7 cm³/mol. The molecular formula is C17H17ClN2O3S. The Balaban J connectivity index is 2.13. The van der Waals surface area contributed by atoms with E-state index in [1.807, 2.05) is 12.1 Å². The van der Waals surface area contributed by atoms with E-state index >= 15 is 0 Å². The number of benzene rings is 2. The molecule has 1 aliphatic rings. The van der Waals surface area contributed by atoms with Crippen molar-refractivity contribution in [1.29, 1.82) is 0 Å². The molecule has 5 nitrogen and oxygen atoms in total. The number of rotatable bonds is 3. The molecule has 3 rings (SSSR count). The molecule has 0 saturated carbocycles. The zero-order valence-corrected chi connectivity index (χ0v) is 14.9. The molecule has 0 radical (unpaired) electrons. The zero-order chi connectivity index (χ0) is 17.5. The van der Waals surface area contributed by atoms with Crippen LogP contribution in [0.3, 0.4) is 0 Å². The molecule has 0 fully saturated rings. The lowest BCUT2D eigenvalue weighted by atomic mass is 10.1. The molecule has 0 saturated heterocycles. The molecule has 1 heterocycles. The van der Waals surface area contributed by atoms with Crippen molar-refractivity contribution in [2.75, 3.05) is 18.4 Å². The van der Waals surface area contributed by atoms with E-state index in [0.717, 1.165) is 5.56 Å². The molecule has 0 aliphatic carbocycles. The largest absolute Gasteiger partial charge is 0.347 e. The van der Waals surface area contributed by atoms with Gasteiger partial charge in [0, 0.05) is 25.5 Å². The second-order valence-corrected chi connectivity index (χ2v) is 8.09. The second kappa shape index (κ2) is 6.11. The molecule has 0 spiro atoms. The number of carbonyl (C=O) groups is 1. The summed E-state index contributed by atoms with van der Waals surface area (Å²) in [6.45, 7) is 0. The van der Waals surface area contributed by atoms with E-state index in [0.29, 0.717) is 17.1 Å². The van der Waals surface area contributed by atoms with Crippen LogP contribution in [0.4, 0.5) is 5.69 Å². The van der Waals surface area contributed by atoms with Gasteiger partial charge in [-0.05, 0) is 35.9 Å². The maximum atomic E-state index is 13.2. The second-order valence-electron chi connectivity index (χ2n) is 5.84. The van der Waals surface area contributed by atoms with Crippen LogP contribution in [0.1, 0.15) is 5.56 Å². The number of fused-ring (bicyclic) bond motifs is 1. The maximum Gasteiger partial charge on any atom is 0.265 e. The van der Waals surface area contributed by atoms with Crippen LogP contribution in [-0.2, 0) is 21.2 Å². The molecule has 0 aromatic heterocycles. The van der Waals surface area contributed by atoms with Gasteiger partial charge in [0.05, 0.1) is 10.6 Å². The van der Waals surface area contributed by atoms with Gasteiger partial charge in [0.2, 0.25) is 5.91 Å². The van der Waals surface area contributed by atoms with Crippen molar-refractivity contribution in [2.24, 2.45) is 0 Å². The minimum absolute atomic E-state index is 0.111. The van der Waals surface area contributed by atoms with E-state index < -0.39 is 16.1 Å². The predicted octanol–water partition coefficient (Wildman–Crippen LogP) is 2.55. The number of likely N-dealkylation sites (N-methyl/N-ethyl adjacent to an activating group) is 1. The van der Waals surface area contributed by atoms with Gasteiger partial charge in [-0.3, -0.25) is 9.10 Å². The number of halogens is 1. The van der Waals surface area contributed by atoms with Gasteiger partial charge in [-0.25, -0.2) is 8.42 Å². The Kier molecular flexibility index (Phi) is 4.27. The number of para-hydroxylation sites is 1. The van der Waals surface area contributed by atoms with E-state index in [9.17, 15) is 13.2 Å². The van der Waals surface area contributed by atoms with Crippen LogP contribution < -0.4 is 4.31 Å². The van der Waals surface area contributed by atoms with Gasteiger partial charge in [-0.15, -0.1) is 0 Å². The van der Waals surface area contributed by atoms with Crippen molar-refractivity contribution >= 4 is 33.2 Å². The Labute approximate surface area is 146 Å². The molecule has 1 unspecified atom stereocenters. The van der Waals surface area contributed by atoms with Crippen molar-refractivity contribution in [3.63, 3.8) is 0 Å². The molecule has 7 heteroatoms. The molecule has 24 heavy (non-hydrogen) atoms. The first-order chi connectivity index (χ1) is 11.3. The molecule has 1 aliphatic heterocycles. The molecule has 2 aromatic rings. The molecular weight excluding hydrogens is 348 g/mol. The number of amides is 1. The first-order valence-electron chi connectivity index (χ1n) is 7.41. The standard InChI is InChI=1S/C17H17ClN2O3S/c1-19(2)17(21)16-11-12-5-3-4-6-15(12)20(16)24(22,23)14-9-7-13(18)8-10-14/h3-10,16H,11H2,1-2H3. The summed E-state index contributed by atoms with van der Waals surface area (Å²) in [5.74, 6) is -0.247. The fourth-order valence-corrected chi connectivity index (χ4v) is 4.63. The molecule has 126 valence electrons. The highest BCUT2D eigenvalue weighted by Gasteiger charge is 2.42. The van der Waals surface area contributed by atoms with Crippen molar-refractivity contribution < 1.29 is 13.2 Å².